The molecule has 0 radical (unpaired) electrons. The van der Waals surface area contributed by atoms with E-state index in [2.05, 4.69) is 23.7 Å². The van der Waals surface area contributed by atoms with Gasteiger partial charge in [0.1, 0.15) is 0 Å². The number of ether oxygens (including phenoxy) is 1. The highest BCUT2D eigenvalue weighted by Gasteiger charge is 2.24. The van der Waals surface area contributed by atoms with Gasteiger partial charge in [-0.05, 0) is 12.3 Å². The number of nitrogens with zero attached hydrogens (tertiary/aromatic N) is 2. The Balaban J connectivity index is 1.96. The zero-order chi connectivity index (χ0) is 12.3. The molecule has 0 aliphatic carbocycles. The minimum Gasteiger partial charge on any atom is -0.378 e. The van der Waals surface area contributed by atoms with E-state index in [1.54, 1.807) is 11.3 Å². The lowest BCUT2D eigenvalue weighted by atomic mass is 10.0. The molecule has 17 heavy (non-hydrogen) atoms. The fourth-order valence-electron chi connectivity index (χ4n) is 2.25. The van der Waals surface area contributed by atoms with E-state index >= 15 is 0 Å². The van der Waals surface area contributed by atoms with Crippen LogP contribution in [0.4, 0.5) is 5.13 Å². The van der Waals surface area contributed by atoms with Crippen LogP contribution in [-0.2, 0) is 11.3 Å². The van der Waals surface area contributed by atoms with Crippen LogP contribution >= 0.6 is 11.3 Å². The minimum atomic E-state index is 0.534. The van der Waals surface area contributed by atoms with Crippen molar-refractivity contribution >= 4 is 16.5 Å². The van der Waals surface area contributed by atoms with Gasteiger partial charge < -0.3 is 10.5 Å². The van der Waals surface area contributed by atoms with E-state index in [1.807, 2.05) is 6.20 Å². The summed E-state index contributed by atoms with van der Waals surface area (Å²) in [6, 6.07) is 0.534. The lowest BCUT2D eigenvalue weighted by molar-refractivity contribution is -0.0182. The Morgan fingerprint density at radius 3 is 3.12 bits per heavy atom. The van der Waals surface area contributed by atoms with E-state index in [0.717, 1.165) is 26.3 Å². The molecule has 5 heteroatoms. The van der Waals surface area contributed by atoms with E-state index in [-0.39, 0.29) is 0 Å². The van der Waals surface area contributed by atoms with Crippen molar-refractivity contribution in [3.8, 4) is 0 Å². The molecule has 1 aliphatic heterocycles. The highest BCUT2D eigenvalue weighted by Crippen LogP contribution is 2.21. The predicted molar refractivity (Wildman–Crippen MR) is 71.0 cm³/mol. The molecule has 1 aromatic rings. The quantitative estimate of drug-likeness (QED) is 0.893. The molecule has 2 rings (SSSR count). The first-order valence-corrected chi connectivity index (χ1v) is 6.98. The molecule has 2 N–H and O–H groups in total. The highest BCUT2D eigenvalue weighted by molar-refractivity contribution is 7.15. The maximum Gasteiger partial charge on any atom is 0.180 e. The van der Waals surface area contributed by atoms with Crippen LogP contribution in [0.25, 0.3) is 0 Å². The van der Waals surface area contributed by atoms with E-state index < -0.39 is 0 Å². The number of hydrogen-bond donors (Lipinski definition) is 1. The van der Waals surface area contributed by atoms with Gasteiger partial charge in [0, 0.05) is 30.2 Å². The molecule has 0 saturated carbocycles. The minimum absolute atomic E-state index is 0.534. The van der Waals surface area contributed by atoms with E-state index in [9.17, 15) is 0 Å². The van der Waals surface area contributed by atoms with Crippen molar-refractivity contribution in [2.24, 2.45) is 5.92 Å². The first kappa shape index (κ1) is 12.8. The summed E-state index contributed by atoms with van der Waals surface area (Å²) in [5.74, 6) is 0.704. The largest absolute Gasteiger partial charge is 0.378 e. The first-order valence-electron chi connectivity index (χ1n) is 6.17. The van der Waals surface area contributed by atoms with Crippen LogP contribution < -0.4 is 5.73 Å². The summed E-state index contributed by atoms with van der Waals surface area (Å²) in [4.78, 5) is 7.85. The van der Waals surface area contributed by atoms with Gasteiger partial charge in [-0.2, -0.15) is 0 Å². The van der Waals surface area contributed by atoms with Crippen LogP contribution in [-0.4, -0.2) is 35.7 Å². The lowest BCUT2D eigenvalue weighted by Crippen LogP contribution is -2.45. The van der Waals surface area contributed by atoms with Crippen LogP contribution in [0.15, 0.2) is 6.20 Å². The topological polar surface area (TPSA) is 51.4 Å². The van der Waals surface area contributed by atoms with Crippen LogP contribution in [0.1, 0.15) is 25.1 Å². The van der Waals surface area contributed by atoms with Crippen molar-refractivity contribution in [1.29, 1.82) is 0 Å². The Labute approximate surface area is 107 Å². The van der Waals surface area contributed by atoms with Gasteiger partial charge in [0.25, 0.3) is 0 Å². The fourth-order valence-corrected chi connectivity index (χ4v) is 2.96. The normalized spacial score (nSPS) is 22.2. The molecule has 0 amide bonds. The van der Waals surface area contributed by atoms with Crippen molar-refractivity contribution in [2.45, 2.75) is 32.9 Å². The van der Waals surface area contributed by atoms with Crippen LogP contribution in [0.5, 0.6) is 0 Å². The SMILES string of the molecule is CC(C)CC1COCCN1Cc1cnc(N)s1. The zero-order valence-electron chi connectivity index (χ0n) is 10.6. The summed E-state index contributed by atoms with van der Waals surface area (Å²) in [5.41, 5.74) is 5.66. The Kier molecular flexibility index (Phi) is 4.36. The second-order valence-electron chi connectivity index (χ2n) is 4.99. The average Bonchev–Trinajstić information content (AvgIpc) is 2.66. The molecule has 1 aromatic heterocycles. The number of rotatable bonds is 4. The second kappa shape index (κ2) is 5.80. The summed E-state index contributed by atoms with van der Waals surface area (Å²) >= 11 is 1.59. The van der Waals surface area contributed by atoms with Gasteiger partial charge in [0.2, 0.25) is 0 Å². The number of morpholine rings is 1. The molecule has 1 fully saturated rings. The molecule has 96 valence electrons. The van der Waals surface area contributed by atoms with Gasteiger partial charge in [-0.1, -0.05) is 13.8 Å². The summed E-state index contributed by atoms with van der Waals surface area (Å²) in [7, 11) is 0. The van der Waals surface area contributed by atoms with Gasteiger partial charge in [-0.3, -0.25) is 4.90 Å². The lowest BCUT2D eigenvalue weighted by Gasteiger charge is -2.36. The van der Waals surface area contributed by atoms with Crippen molar-refractivity contribution in [3.63, 3.8) is 0 Å². The van der Waals surface area contributed by atoms with Crippen molar-refractivity contribution in [3.05, 3.63) is 11.1 Å². The average molecular weight is 255 g/mol. The molecule has 1 unspecified atom stereocenters. The molecular formula is C12H21N3OS. The van der Waals surface area contributed by atoms with Gasteiger partial charge in [-0.15, -0.1) is 11.3 Å². The summed E-state index contributed by atoms with van der Waals surface area (Å²) in [6.45, 7) is 8.18. The summed E-state index contributed by atoms with van der Waals surface area (Å²) < 4.78 is 5.58. The Morgan fingerprint density at radius 2 is 2.47 bits per heavy atom. The van der Waals surface area contributed by atoms with Crippen molar-refractivity contribution < 1.29 is 4.74 Å². The Hall–Kier alpha value is -0.650. The predicted octanol–water partition coefficient (Wildman–Crippen LogP) is 1.97. The standard InChI is InChI=1S/C12H21N3OS/c1-9(2)5-10-8-16-4-3-15(10)7-11-6-14-12(13)17-11/h6,9-10H,3-5,7-8H2,1-2H3,(H2,13,14). The Morgan fingerprint density at radius 1 is 1.65 bits per heavy atom. The number of anilines is 1. The number of nitrogen functional groups attached to an aromatic ring is 1. The van der Waals surface area contributed by atoms with Gasteiger partial charge in [0.05, 0.1) is 13.2 Å². The van der Waals surface area contributed by atoms with Crippen LogP contribution in [0, 0.1) is 5.92 Å². The second-order valence-corrected chi connectivity index (χ2v) is 6.14. The maximum atomic E-state index is 5.66. The molecular weight excluding hydrogens is 234 g/mol. The Bertz CT molecular complexity index is 353. The molecule has 1 atom stereocenters. The molecule has 4 nitrogen and oxygen atoms in total. The smallest absolute Gasteiger partial charge is 0.180 e. The number of aromatic nitrogens is 1. The van der Waals surface area contributed by atoms with Crippen molar-refractivity contribution in [2.75, 3.05) is 25.5 Å². The fraction of sp³-hybridized carbons (Fsp3) is 0.750. The maximum absolute atomic E-state index is 5.66. The van der Waals surface area contributed by atoms with Gasteiger partial charge >= 0.3 is 0 Å². The van der Waals surface area contributed by atoms with E-state index in [0.29, 0.717) is 17.1 Å². The van der Waals surface area contributed by atoms with E-state index in [1.165, 1.54) is 11.3 Å². The molecule has 0 spiro atoms. The first-order chi connectivity index (χ1) is 8.15. The molecule has 0 aromatic carbocycles. The van der Waals surface area contributed by atoms with Gasteiger partial charge in [0.15, 0.2) is 5.13 Å². The number of thiazole rings is 1. The van der Waals surface area contributed by atoms with Crippen molar-refractivity contribution in [1.82, 2.24) is 9.88 Å². The zero-order valence-corrected chi connectivity index (χ0v) is 11.4. The third-order valence-corrected chi connectivity index (χ3v) is 3.83. The number of hydrogen-bond acceptors (Lipinski definition) is 5. The highest BCUT2D eigenvalue weighted by atomic mass is 32.1. The van der Waals surface area contributed by atoms with Crippen LogP contribution in [0.3, 0.4) is 0 Å². The van der Waals surface area contributed by atoms with Gasteiger partial charge in [-0.25, -0.2) is 4.98 Å². The third-order valence-electron chi connectivity index (χ3n) is 3.02. The molecule has 1 saturated heterocycles. The summed E-state index contributed by atoms with van der Waals surface area (Å²) in [6.07, 6.45) is 3.08. The molecule has 2 heterocycles. The monoisotopic (exact) mass is 255 g/mol. The number of nitrogens with two attached hydrogens (primary N) is 1. The molecule has 1 aliphatic rings. The third kappa shape index (κ3) is 3.66. The molecule has 0 bridgehead atoms. The summed E-state index contributed by atoms with van der Waals surface area (Å²) in [5, 5.41) is 0.661. The van der Waals surface area contributed by atoms with Crippen LogP contribution in [0.2, 0.25) is 0 Å². The van der Waals surface area contributed by atoms with E-state index in [4.69, 9.17) is 10.5 Å².